The van der Waals surface area contributed by atoms with Gasteiger partial charge in [0.15, 0.2) is 11.6 Å². The number of hydrogen-bond acceptors (Lipinski definition) is 6. The van der Waals surface area contributed by atoms with Crippen molar-refractivity contribution >= 4 is 23.5 Å². The number of amides is 2. The van der Waals surface area contributed by atoms with Gasteiger partial charge in [0, 0.05) is 29.9 Å². The Bertz CT molecular complexity index is 1020. The molecule has 2 aliphatic carbocycles. The molecule has 0 saturated heterocycles. The summed E-state index contributed by atoms with van der Waals surface area (Å²) in [6, 6.07) is 1.68. The number of halogens is 2. The number of anilines is 3. The molecule has 0 unspecified atom stereocenters. The van der Waals surface area contributed by atoms with E-state index in [0.29, 0.717) is 17.3 Å². The second-order valence-electron chi connectivity index (χ2n) is 8.50. The van der Waals surface area contributed by atoms with E-state index in [-0.39, 0.29) is 24.7 Å². The molecule has 0 atom stereocenters. The largest absolute Gasteiger partial charge is 0.505 e. The van der Waals surface area contributed by atoms with E-state index < -0.39 is 29.1 Å². The van der Waals surface area contributed by atoms with Gasteiger partial charge in [0.1, 0.15) is 17.3 Å². The number of nitrogens with one attached hydrogen (secondary N) is 1. The van der Waals surface area contributed by atoms with Crippen molar-refractivity contribution in [3.8, 4) is 5.75 Å². The Morgan fingerprint density at radius 2 is 1.87 bits per heavy atom. The average molecular weight is 430 g/mol. The molecule has 31 heavy (non-hydrogen) atoms. The standard InChI is InChI=1S/C21H24F2N6O2/c22-15-7-8-16(30)17(23)18(15)28-10-11-9-25-20(26-13-3-1-12(24)2-4-13)27-19(11)29(21(28)31)14-5-6-14/h7-9,12-14,30H,1-6,10,24H2,(H,25,26,27). The van der Waals surface area contributed by atoms with Crippen LogP contribution >= 0.6 is 0 Å². The van der Waals surface area contributed by atoms with Crippen LogP contribution in [0, 0.1) is 11.6 Å². The molecule has 1 aliphatic heterocycles. The first kappa shape index (κ1) is 19.9. The Morgan fingerprint density at radius 3 is 2.58 bits per heavy atom. The minimum Gasteiger partial charge on any atom is -0.505 e. The average Bonchev–Trinajstić information content (AvgIpc) is 3.58. The third-order valence-corrected chi connectivity index (χ3v) is 6.17. The van der Waals surface area contributed by atoms with Crippen LogP contribution in [0.25, 0.3) is 0 Å². The number of carbonyl (C=O) groups is 1. The van der Waals surface area contributed by atoms with Gasteiger partial charge >= 0.3 is 6.03 Å². The van der Waals surface area contributed by atoms with Gasteiger partial charge in [-0.05, 0) is 50.7 Å². The number of rotatable bonds is 4. The summed E-state index contributed by atoms with van der Waals surface area (Å²) in [5, 5.41) is 13.0. The lowest BCUT2D eigenvalue weighted by Crippen LogP contribution is -2.49. The highest BCUT2D eigenvalue weighted by molar-refractivity contribution is 6.06. The Balaban J connectivity index is 1.47. The van der Waals surface area contributed by atoms with Gasteiger partial charge < -0.3 is 16.2 Å². The zero-order chi connectivity index (χ0) is 21.7. The van der Waals surface area contributed by atoms with Crippen LogP contribution in [0.5, 0.6) is 5.75 Å². The van der Waals surface area contributed by atoms with E-state index in [4.69, 9.17) is 5.73 Å². The molecule has 1 aromatic heterocycles. The molecule has 8 nitrogen and oxygen atoms in total. The monoisotopic (exact) mass is 430 g/mol. The molecular formula is C21H24F2N6O2. The molecule has 4 N–H and O–H groups in total. The van der Waals surface area contributed by atoms with E-state index in [1.54, 1.807) is 6.20 Å². The van der Waals surface area contributed by atoms with E-state index >= 15 is 0 Å². The number of nitrogens with two attached hydrogens (primary N) is 1. The van der Waals surface area contributed by atoms with E-state index in [0.717, 1.165) is 55.6 Å². The highest BCUT2D eigenvalue weighted by Crippen LogP contribution is 2.40. The number of urea groups is 1. The molecule has 2 heterocycles. The highest BCUT2D eigenvalue weighted by Gasteiger charge is 2.43. The summed E-state index contributed by atoms with van der Waals surface area (Å²) in [5.41, 5.74) is 5.99. The normalized spacial score (nSPS) is 23.6. The Morgan fingerprint density at radius 1 is 1.13 bits per heavy atom. The number of nitrogens with zero attached hydrogens (tertiary/aromatic N) is 4. The number of aromatic nitrogens is 2. The number of fused-ring (bicyclic) bond motifs is 1. The maximum atomic E-state index is 14.5. The summed E-state index contributed by atoms with van der Waals surface area (Å²) < 4.78 is 29.0. The molecule has 0 radical (unpaired) electrons. The van der Waals surface area contributed by atoms with Crippen LogP contribution in [-0.4, -0.2) is 39.2 Å². The molecule has 2 fully saturated rings. The first-order valence-electron chi connectivity index (χ1n) is 10.6. The number of hydrogen-bond donors (Lipinski definition) is 3. The van der Waals surface area contributed by atoms with Gasteiger partial charge in [0.25, 0.3) is 0 Å². The smallest absolute Gasteiger partial charge is 0.330 e. The van der Waals surface area contributed by atoms with Crippen molar-refractivity contribution in [2.24, 2.45) is 5.73 Å². The Hall–Kier alpha value is -3.01. The van der Waals surface area contributed by atoms with Crippen molar-refractivity contribution in [1.82, 2.24) is 9.97 Å². The van der Waals surface area contributed by atoms with Crippen LogP contribution in [0.3, 0.4) is 0 Å². The molecular weight excluding hydrogens is 406 g/mol. The van der Waals surface area contributed by atoms with E-state index in [1.807, 2.05) is 0 Å². The van der Waals surface area contributed by atoms with Gasteiger partial charge in [-0.15, -0.1) is 0 Å². The molecule has 0 bridgehead atoms. The summed E-state index contributed by atoms with van der Waals surface area (Å²) >= 11 is 0. The minimum absolute atomic E-state index is 0.0760. The number of phenols is 1. The minimum atomic E-state index is -1.16. The lowest BCUT2D eigenvalue weighted by atomic mass is 9.92. The van der Waals surface area contributed by atoms with Gasteiger partial charge in [0.05, 0.1) is 6.54 Å². The van der Waals surface area contributed by atoms with Gasteiger partial charge in [-0.2, -0.15) is 4.98 Å². The van der Waals surface area contributed by atoms with Crippen LogP contribution < -0.4 is 20.9 Å². The maximum absolute atomic E-state index is 14.5. The maximum Gasteiger partial charge on any atom is 0.330 e. The SMILES string of the molecule is NC1CCC(Nc2ncc3c(n2)N(C2CC2)C(=O)N(c2c(F)ccc(O)c2F)C3)CC1. The van der Waals surface area contributed by atoms with Crippen molar-refractivity contribution in [3.63, 3.8) is 0 Å². The highest BCUT2D eigenvalue weighted by atomic mass is 19.1. The third kappa shape index (κ3) is 3.65. The van der Waals surface area contributed by atoms with E-state index in [2.05, 4.69) is 15.3 Å². The quantitative estimate of drug-likeness (QED) is 0.687. The van der Waals surface area contributed by atoms with Crippen LogP contribution in [0.1, 0.15) is 44.1 Å². The summed E-state index contributed by atoms with van der Waals surface area (Å²) in [6.45, 7) is -0.0900. The number of benzene rings is 1. The van der Waals surface area contributed by atoms with Crippen LogP contribution in [-0.2, 0) is 6.54 Å². The molecule has 164 valence electrons. The first-order valence-corrected chi connectivity index (χ1v) is 10.6. The topological polar surface area (TPSA) is 108 Å². The molecule has 2 amide bonds. The summed E-state index contributed by atoms with van der Waals surface area (Å²) in [5.74, 6) is -1.90. The number of carbonyl (C=O) groups excluding carboxylic acids is 1. The number of phenolic OH excluding ortho intramolecular Hbond substituents is 1. The van der Waals surface area contributed by atoms with Crippen LogP contribution in [0.4, 0.5) is 31.0 Å². The fourth-order valence-electron chi connectivity index (χ4n) is 4.31. The molecule has 2 aromatic rings. The molecule has 10 heteroatoms. The molecule has 1 aromatic carbocycles. The first-order chi connectivity index (χ1) is 14.9. The predicted octanol–water partition coefficient (Wildman–Crippen LogP) is 3.25. The lowest BCUT2D eigenvalue weighted by Gasteiger charge is -2.36. The zero-order valence-corrected chi connectivity index (χ0v) is 16.9. The predicted molar refractivity (Wildman–Crippen MR) is 111 cm³/mol. The molecule has 2 saturated carbocycles. The van der Waals surface area contributed by atoms with Crippen molar-refractivity contribution in [2.45, 2.75) is 63.2 Å². The fraction of sp³-hybridized carbons (Fsp3) is 0.476. The van der Waals surface area contributed by atoms with Crippen LogP contribution in [0.2, 0.25) is 0 Å². The van der Waals surface area contributed by atoms with E-state index in [1.165, 1.54) is 4.90 Å². The molecule has 0 spiro atoms. The zero-order valence-electron chi connectivity index (χ0n) is 16.9. The lowest BCUT2D eigenvalue weighted by molar-refractivity contribution is 0.249. The summed E-state index contributed by atoms with van der Waals surface area (Å²) in [4.78, 5) is 24.7. The van der Waals surface area contributed by atoms with Crippen molar-refractivity contribution in [2.75, 3.05) is 15.1 Å². The Labute approximate surface area is 178 Å². The third-order valence-electron chi connectivity index (χ3n) is 6.17. The Kier molecular flexibility index (Phi) is 4.88. The number of aromatic hydroxyl groups is 1. The van der Waals surface area contributed by atoms with Crippen LogP contribution in [0.15, 0.2) is 18.3 Å². The summed E-state index contributed by atoms with van der Waals surface area (Å²) in [6.07, 6.45) is 6.89. The fourth-order valence-corrected chi connectivity index (χ4v) is 4.31. The van der Waals surface area contributed by atoms with Gasteiger partial charge in [-0.1, -0.05) is 0 Å². The van der Waals surface area contributed by atoms with Gasteiger partial charge in [-0.25, -0.2) is 18.6 Å². The molecule has 3 aliphatic rings. The second kappa shape index (κ2) is 7.60. The second-order valence-corrected chi connectivity index (χ2v) is 8.50. The van der Waals surface area contributed by atoms with Crippen molar-refractivity contribution in [3.05, 3.63) is 35.5 Å². The molecule has 5 rings (SSSR count). The van der Waals surface area contributed by atoms with Crippen molar-refractivity contribution in [1.29, 1.82) is 0 Å². The van der Waals surface area contributed by atoms with Gasteiger partial charge in [-0.3, -0.25) is 9.80 Å². The van der Waals surface area contributed by atoms with E-state index in [9.17, 15) is 18.7 Å². The van der Waals surface area contributed by atoms with Crippen molar-refractivity contribution < 1.29 is 18.7 Å². The van der Waals surface area contributed by atoms with Gasteiger partial charge in [0.2, 0.25) is 5.95 Å². The summed E-state index contributed by atoms with van der Waals surface area (Å²) in [7, 11) is 0.